The molecule has 3 N–H and O–H groups in total. The van der Waals surface area contributed by atoms with Gasteiger partial charge in [0.05, 0.1) is 0 Å². The van der Waals surface area contributed by atoms with E-state index in [-0.39, 0.29) is 24.2 Å². The Balaban J connectivity index is 0.00000243. The van der Waals surface area contributed by atoms with Crippen LogP contribution >= 0.6 is 12.4 Å². The summed E-state index contributed by atoms with van der Waals surface area (Å²) in [7, 11) is 0. The molecular formula is C20H24ClN3O2. The Morgan fingerprint density at radius 3 is 2.73 bits per heavy atom. The van der Waals surface area contributed by atoms with Crippen molar-refractivity contribution in [3.05, 3.63) is 59.2 Å². The molecule has 0 bridgehead atoms. The Bertz CT molecular complexity index is 792. The van der Waals surface area contributed by atoms with Crippen molar-refractivity contribution in [2.75, 3.05) is 23.7 Å². The summed E-state index contributed by atoms with van der Waals surface area (Å²) >= 11 is 0. The Labute approximate surface area is 160 Å². The van der Waals surface area contributed by atoms with Crippen molar-refractivity contribution < 1.29 is 9.59 Å². The lowest BCUT2D eigenvalue weighted by Gasteiger charge is -2.20. The summed E-state index contributed by atoms with van der Waals surface area (Å²) in [6.07, 6.45) is 2.80. The predicted octanol–water partition coefficient (Wildman–Crippen LogP) is 3.86. The molecule has 6 heteroatoms. The quantitative estimate of drug-likeness (QED) is 0.745. The molecule has 2 amide bonds. The number of carbonyl (C=O) groups is 2. The summed E-state index contributed by atoms with van der Waals surface area (Å²) < 4.78 is 0. The van der Waals surface area contributed by atoms with E-state index in [9.17, 15) is 9.59 Å². The van der Waals surface area contributed by atoms with E-state index in [1.807, 2.05) is 25.1 Å². The molecule has 5 nitrogen and oxygen atoms in total. The number of halogens is 1. The van der Waals surface area contributed by atoms with Crippen molar-refractivity contribution in [3.8, 4) is 0 Å². The molecule has 0 fully saturated rings. The Morgan fingerprint density at radius 1 is 1.12 bits per heavy atom. The van der Waals surface area contributed by atoms with Crippen LogP contribution in [0.5, 0.6) is 0 Å². The van der Waals surface area contributed by atoms with Crippen LogP contribution in [0.1, 0.15) is 46.0 Å². The summed E-state index contributed by atoms with van der Waals surface area (Å²) in [5, 5.41) is 9.09. The lowest BCUT2D eigenvalue weighted by atomic mass is 9.97. The SMILES string of the molecule is CCCNC(=O)c1cccc(NC(=O)c2cccc3c2CCCN3)c1.Cl. The second-order valence-corrected chi connectivity index (χ2v) is 6.15. The number of hydrogen-bond donors (Lipinski definition) is 3. The number of fused-ring (bicyclic) bond motifs is 1. The fourth-order valence-corrected chi connectivity index (χ4v) is 3.00. The Hall–Kier alpha value is -2.53. The third-order valence-electron chi connectivity index (χ3n) is 4.26. The number of anilines is 2. The zero-order valence-corrected chi connectivity index (χ0v) is 15.6. The minimum Gasteiger partial charge on any atom is -0.385 e. The Kier molecular flexibility index (Phi) is 7.04. The Morgan fingerprint density at radius 2 is 1.92 bits per heavy atom. The molecule has 2 aromatic carbocycles. The molecule has 1 aliphatic heterocycles. The minimum absolute atomic E-state index is 0. The summed E-state index contributed by atoms with van der Waals surface area (Å²) in [6.45, 7) is 3.58. The number of hydrogen-bond acceptors (Lipinski definition) is 3. The molecule has 2 aromatic rings. The van der Waals surface area contributed by atoms with Crippen LogP contribution in [0.25, 0.3) is 0 Å². The molecule has 0 radical (unpaired) electrons. The van der Waals surface area contributed by atoms with Crippen molar-refractivity contribution in [1.29, 1.82) is 0 Å². The molecular weight excluding hydrogens is 350 g/mol. The van der Waals surface area contributed by atoms with Crippen molar-refractivity contribution in [3.63, 3.8) is 0 Å². The van der Waals surface area contributed by atoms with Gasteiger partial charge in [0.15, 0.2) is 0 Å². The van der Waals surface area contributed by atoms with Gasteiger partial charge in [-0.25, -0.2) is 0 Å². The molecule has 0 aliphatic carbocycles. The van der Waals surface area contributed by atoms with Gasteiger partial charge in [0.1, 0.15) is 0 Å². The molecule has 0 unspecified atom stereocenters. The maximum absolute atomic E-state index is 12.7. The first-order chi connectivity index (χ1) is 12.2. The van der Waals surface area contributed by atoms with Gasteiger partial charge in [-0.05, 0) is 55.2 Å². The molecule has 0 saturated heterocycles. The highest BCUT2D eigenvalue weighted by Gasteiger charge is 2.17. The number of carbonyl (C=O) groups excluding carboxylic acids is 2. The maximum atomic E-state index is 12.7. The van der Waals surface area contributed by atoms with Gasteiger partial charge in [-0.1, -0.05) is 19.1 Å². The summed E-state index contributed by atoms with van der Waals surface area (Å²) in [5.74, 6) is -0.272. The van der Waals surface area contributed by atoms with Gasteiger partial charge in [0.2, 0.25) is 0 Å². The lowest BCUT2D eigenvalue weighted by Crippen LogP contribution is -2.24. The van der Waals surface area contributed by atoms with E-state index >= 15 is 0 Å². The molecule has 1 aliphatic rings. The highest BCUT2D eigenvalue weighted by Crippen LogP contribution is 2.26. The highest BCUT2D eigenvalue weighted by atomic mass is 35.5. The number of amides is 2. The van der Waals surface area contributed by atoms with Gasteiger partial charge >= 0.3 is 0 Å². The van der Waals surface area contributed by atoms with Crippen molar-refractivity contribution in [2.45, 2.75) is 26.2 Å². The van der Waals surface area contributed by atoms with Crippen LogP contribution in [0.15, 0.2) is 42.5 Å². The van der Waals surface area contributed by atoms with E-state index in [1.54, 1.807) is 24.3 Å². The van der Waals surface area contributed by atoms with Crippen LogP contribution in [0.3, 0.4) is 0 Å². The zero-order valence-electron chi connectivity index (χ0n) is 14.8. The van der Waals surface area contributed by atoms with E-state index in [2.05, 4.69) is 16.0 Å². The second kappa shape index (κ2) is 9.25. The number of nitrogens with one attached hydrogen (secondary N) is 3. The third-order valence-corrected chi connectivity index (χ3v) is 4.26. The van der Waals surface area contributed by atoms with E-state index in [1.165, 1.54) is 0 Å². The first-order valence-electron chi connectivity index (χ1n) is 8.74. The molecule has 0 spiro atoms. The van der Waals surface area contributed by atoms with Crippen LogP contribution in [0.2, 0.25) is 0 Å². The number of benzene rings is 2. The van der Waals surface area contributed by atoms with Crippen LogP contribution in [-0.4, -0.2) is 24.9 Å². The van der Waals surface area contributed by atoms with Crippen molar-refractivity contribution in [2.24, 2.45) is 0 Å². The molecule has 138 valence electrons. The standard InChI is InChI=1S/C20H23N3O2.ClH/c1-2-11-22-19(24)14-6-3-7-15(13-14)23-20(25)17-8-4-10-18-16(17)9-5-12-21-18;/h3-4,6-8,10,13,21H,2,5,9,11-12H2,1H3,(H,22,24)(H,23,25);1H. The average Bonchev–Trinajstić information content (AvgIpc) is 2.65. The van der Waals surface area contributed by atoms with E-state index in [0.717, 1.165) is 37.1 Å². The molecule has 0 aromatic heterocycles. The number of rotatable bonds is 5. The van der Waals surface area contributed by atoms with Crippen LogP contribution < -0.4 is 16.0 Å². The van der Waals surface area contributed by atoms with Crippen LogP contribution in [-0.2, 0) is 6.42 Å². The first kappa shape index (κ1) is 19.8. The third kappa shape index (κ3) is 4.55. The molecule has 3 rings (SSSR count). The normalized spacial score (nSPS) is 12.2. The van der Waals surface area contributed by atoms with E-state index < -0.39 is 0 Å². The summed E-state index contributed by atoms with van der Waals surface area (Å²) in [5.41, 5.74) is 3.94. The van der Waals surface area contributed by atoms with Crippen molar-refractivity contribution >= 4 is 35.6 Å². The monoisotopic (exact) mass is 373 g/mol. The average molecular weight is 374 g/mol. The second-order valence-electron chi connectivity index (χ2n) is 6.15. The first-order valence-corrected chi connectivity index (χ1v) is 8.74. The smallest absolute Gasteiger partial charge is 0.256 e. The van der Waals surface area contributed by atoms with E-state index in [0.29, 0.717) is 23.4 Å². The molecule has 0 saturated carbocycles. The summed E-state index contributed by atoms with van der Waals surface area (Å²) in [6, 6.07) is 12.8. The van der Waals surface area contributed by atoms with Gasteiger partial charge in [0, 0.05) is 35.6 Å². The topological polar surface area (TPSA) is 70.2 Å². The molecule has 0 atom stereocenters. The zero-order chi connectivity index (χ0) is 17.6. The lowest BCUT2D eigenvalue weighted by molar-refractivity contribution is 0.0952. The highest BCUT2D eigenvalue weighted by molar-refractivity contribution is 6.07. The van der Waals surface area contributed by atoms with Gasteiger partial charge < -0.3 is 16.0 Å². The van der Waals surface area contributed by atoms with Gasteiger partial charge in [-0.3, -0.25) is 9.59 Å². The van der Waals surface area contributed by atoms with Crippen LogP contribution in [0, 0.1) is 0 Å². The molecule has 26 heavy (non-hydrogen) atoms. The van der Waals surface area contributed by atoms with Gasteiger partial charge in [0.25, 0.3) is 11.8 Å². The van der Waals surface area contributed by atoms with E-state index in [4.69, 9.17) is 0 Å². The fourth-order valence-electron chi connectivity index (χ4n) is 3.00. The van der Waals surface area contributed by atoms with Gasteiger partial charge in [-0.15, -0.1) is 12.4 Å². The van der Waals surface area contributed by atoms with Crippen molar-refractivity contribution in [1.82, 2.24) is 5.32 Å². The van der Waals surface area contributed by atoms with Gasteiger partial charge in [-0.2, -0.15) is 0 Å². The summed E-state index contributed by atoms with van der Waals surface area (Å²) in [4.78, 5) is 24.8. The largest absolute Gasteiger partial charge is 0.385 e. The fraction of sp³-hybridized carbons (Fsp3) is 0.300. The minimum atomic E-state index is -0.147. The van der Waals surface area contributed by atoms with Crippen LogP contribution in [0.4, 0.5) is 11.4 Å². The predicted molar refractivity (Wildman–Crippen MR) is 108 cm³/mol. The molecule has 1 heterocycles. The maximum Gasteiger partial charge on any atom is 0.256 e.